The van der Waals surface area contributed by atoms with Gasteiger partial charge in [0.05, 0.1) is 6.61 Å². The van der Waals surface area contributed by atoms with E-state index in [1.165, 1.54) is 12.3 Å². The second kappa shape index (κ2) is 11.1. The van der Waals surface area contributed by atoms with Gasteiger partial charge in [-0.25, -0.2) is 14.0 Å². The molecule has 1 N–H and O–H groups in total. The Balaban J connectivity index is 2.33. The largest absolute Gasteiger partial charge is 0.444 e. The third-order valence-corrected chi connectivity index (χ3v) is 16.6. The number of anilines is 1. The summed E-state index contributed by atoms with van der Waals surface area (Å²) in [6, 6.07) is 1.41. The molecule has 1 aliphatic heterocycles. The molecule has 0 aliphatic carbocycles. The van der Waals surface area contributed by atoms with Crippen molar-refractivity contribution in [1.82, 2.24) is 9.55 Å². The predicted octanol–water partition coefficient (Wildman–Crippen LogP) is 6.24. The van der Waals surface area contributed by atoms with Gasteiger partial charge in [0, 0.05) is 6.20 Å². The zero-order chi connectivity index (χ0) is 29.5. The van der Waals surface area contributed by atoms with Gasteiger partial charge in [-0.05, 0) is 63.1 Å². The highest BCUT2D eigenvalue weighted by Crippen LogP contribution is 2.43. The summed E-state index contributed by atoms with van der Waals surface area (Å²) >= 11 is 0. The van der Waals surface area contributed by atoms with Crippen molar-refractivity contribution in [2.24, 2.45) is 0 Å². The number of nitrogens with one attached hydrogen (secondary N) is 1. The first-order valence-corrected chi connectivity index (χ1v) is 19.0. The van der Waals surface area contributed by atoms with E-state index < -0.39 is 58.6 Å². The van der Waals surface area contributed by atoms with Crippen LogP contribution in [0, 0.1) is 0 Å². The smallest absolute Gasteiger partial charge is 0.413 e. The van der Waals surface area contributed by atoms with Crippen molar-refractivity contribution in [3.63, 3.8) is 0 Å². The Hall–Kier alpha value is -1.61. The average Bonchev–Trinajstić information content (AvgIpc) is 2.98. The van der Waals surface area contributed by atoms with E-state index in [9.17, 15) is 9.59 Å². The lowest BCUT2D eigenvalue weighted by Gasteiger charge is -2.40. The molecular weight excluding hydrogens is 525 g/mol. The maximum atomic E-state index is 16.1. The molecule has 1 aromatic rings. The number of aromatic nitrogens is 2. The van der Waals surface area contributed by atoms with E-state index in [1.54, 1.807) is 20.8 Å². The SMILES string of the molecule is CC(C)(C)OC(=O)Nc1ccn([C@@H]2O[C@H](CO[Si](C)(C)C(C)(C)C)[C@H](O[Si](C)(C)C(C)(C)C)C2F)c(=O)n1. The number of alkyl halides is 1. The van der Waals surface area contributed by atoms with Gasteiger partial charge in [-0.1, -0.05) is 41.5 Å². The Morgan fingerprint density at radius 3 is 2.08 bits per heavy atom. The highest BCUT2D eigenvalue weighted by atomic mass is 28.4. The van der Waals surface area contributed by atoms with Gasteiger partial charge in [-0.3, -0.25) is 9.88 Å². The van der Waals surface area contributed by atoms with Gasteiger partial charge in [0.25, 0.3) is 0 Å². The number of carbonyl (C=O) groups excluding carboxylic acids is 1. The minimum Gasteiger partial charge on any atom is -0.444 e. The van der Waals surface area contributed by atoms with Crippen molar-refractivity contribution >= 4 is 28.5 Å². The molecule has 9 nitrogen and oxygen atoms in total. The van der Waals surface area contributed by atoms with Crippen LogP contribution in [0.2, 0.25) is 36.3 Å². The van der Waals surface area contributed by atoms with Gasteiger partial charge in [0.15, 0.2) is 29.0 Å². The summed E-state index contributed by atoms with van der Waals surface area (Å²) in [7, 11) is -4.54. The molecule has 0 radical (unpaired) electrons. The molecule has 38 heavy (non-hydrogen) atoms. The van der Waals surface area contributed by atoms with Crippen LogP contribution >= 0.6 is 0 Å². The summed E-state index contributed by atoms with van der Waals surface area (Å²) in [6.45, 7) is 26.4. The lowest BCUT2D eigenvalue weighted by Crippen LogP contribution is -2.50. The van der Waals surface area contributed by atoms with Crippen LogP contribution in [0.5, 0.6) is 0 Å². The molecule has 12 heteroatoms. The van der Waals surface area contributed by atoms with Crippen LogP contribution in [0.15, 0.2) is 17.1 Å². The minimum atomic E-state index is -2.38. The quantitative estimate of drug-likeness (QED) is 0.386. The molecule has 0 saturated carbocycles. The van der Waals surface area contributed by atoms with Gasteiger partial charge < -0.3 is 18.3 Å². The maximum Gasteiger partial charge on any atom is 0.413 e. The number of nitrogens with zero attached hydrogens (tertiary/aromatic N) is 2. The highest BCUT2D eigenvalue weighted by Gasteiger charge is 2.52. The third kappa shape index (κ3) is 7.96. The van der Waals surface area contributed by atoms with E-state index in [2.05, 4.69) is 78.0 Å². The number of rotatable bonds is 7. The van der Waals surface area contributed by atoms with Crippen LogP contribution in [0.3, 0.4) is 0 Å². The van der Waals surface area contributed by atoms with Crippen molar-refractivity contribution in [2.45, 2.75) is 129 Å². The number of hydrogen-bond donors (Lipinski definition) is 1. The zero-order valence-corrected chi connectivity index (χ0v) is 27.4. The lowest BCUT2D eigenvalue weighted by molar-refractivity contribution is -0.0454. The molecule has 2 heterocycles. The van der Waals surface area contributed by atoms with E-state index in [-0.39, 0.29) is 22.5 Å². The second-order valence-corrected chi connectivity index (χ2v) is 23.6. The number of hydrogen-bond acceptors (Lipinski definition) is 7. The van der Waals surface area contributed by atoms with Crippen LogP contribution < -0.4 is 11.0 Å². The summed E-state index contributed by atoms with van der Waals surface area (Å²) in [5.74, 6) is 0.000730. The molecule has 0 spiro atoms. The minimum absolute atomic E-state index is 0.000730. The molecule has 1 fully saturated rings. The van der Waals surface area contributed by atoms with Crippen molar-refractivity contribution in [3.8, 4) is 0 Å². The van der Waals surface area contributed by atoms with E-state index in [1.807, 2.05) is 0 Å². The van der Waals surface area contributed by atoms with Gasteiger partial charge >= 0.3 is 11.8 Å². The topological polar surface area (TPSA) is 101 Å². The summed E-state index contributed by atoms with van der Waals surface area (Å²) in [6.07, 6.45) is -3.86. The lowest BCUT2D eigenvalue weighted by atomic mass is 10.1. The first-order valence-electron chi connectivity index (χ1n) is 13.2. The molecule has 1 saturated heterocycles. The third-order valence-electron chi connectivity index (χ3n) is 7.65. The van der Waals surface area contributed by atoms with Gasteiger partial charge in [0.1, 0.15) is 23.6 Å². The first-order chi connectivity index (χ1) is 17.0. The zero-order valence-electron chi connectivity index (χ0n) is 25.4. The Kier molecular flexibility index (Phi) is 9.53. The standard InChI is InChI=1S/C26H48FN3O6Si2/c1-24(2,3)35-23(32)29-18-14-15-30(22(31)28-18)21-19(27)20(36-38(12,13)26(7,8)9)17(34-21)16-33-37(10,11)25(4,5)6/h14-15,17,19-21H,16H2,1-13H3,(H,28,29,31,32)/t17-,19?,20+,21-/m1/s1. The summed E-state index contributed by atoms with van der Waals surface area (Å²) in [4.78, 5) is 28.9. The number of carbonyl (C=O) groups is 1. The Morgan fingerprint density at radius 1 is 1.05 bits per heavy atom. The van der Waals surface area contributed by atoms with Crippen LogP contribution in [-0.2, 0) is 18.3 Å². The molecule has 2 rings (SSSR count). The Labute approximate surface area is 229 Å². The highest BCUT2D eigenvalue weighted by molar-refractivity contribution is 6.74. The normalized spacial score (nSPS) is 23.4. The van der Waals surface area contributed by atoms with Crippen LogP contribution in [0.1, 0.15) is 68.5 Å². The van der Waals surface area contributed by atoms with E-state index in [0.717, 1.165) is 4.57 Å². The van der Waals surface area contributed by atoms with Gasteiger partial charge in [-0.2, -0.15) is 4.98 Å². The molecule has 1 aromatic heterocycles. The molecule has 0 aromatic carbocycles. The maximum absolute atomic E-state index is 16.1. The van der Waals surface area contributed by atoms with E-state index in [0.29, 0.717) is 0 Å². The first kappa shape index (κ1) is 32.6. The summed E-state index contributed by atoms with van der Waals surface area (Å²) in [5.41, 5.74) is -1.47. The van der Waals surface area contributed by atoms with E-state index in [4.69, 9.17) is 18.3 Å². The number of amides is 1. The molecule has 218 valence electrons. The fourth-order valence-electron chi connectivity index (χ4n) is 3.30. The van der Waals surface area contributed by atoms with Gasteiger partial charge in [0.2, 0.25) is 0 Å². The summed E-state index contributed by atoms with van der Waals surface area (Å²) in [5, 5.41) is 2.25. The fraction of sp³-hybridized carbons (Fsp3) is 0.808. The van der Waals surface area contributed by atoms with Crippen LogP contribution in [0.4, 0.5) is 15.0 Å². The van der Waals surface area contributed by atoms with Crippen molar-refractivity contribution in [2.75, 3.05) is 11.9 Å². The van der Waals surface area contributed by atoms with Crippen molar-refractivity contribution in [1.29, 1.82) is 0 Å². The van der Waals surface area contributed by atoms with Crippen LogP contribution in [-0.4, -0.2) is 62.9 Å². The Bertz CT molecular complexity index is 1040. The molecule has 4 atom stereocenters. The second-order valence-electron chi connectivity index (χ2n) is 14.1. The predicted molar refractivity (Wildman–Crippen MR) is 152 cm³/mol. The van der Waals surface area contributed by atoms with Crippen molar-refractivity contribution in [3.05, 3.63) is 22.7 Å². The Morgan fingerprint density at radius 2 is 1.61 bits per heavy atom. The van der Waals surface area contributed by atoms with E-state index >= 15 is 4.39 Å². The van der Waals surface area contributed by atoms with Crippen LogP contribution in [0.25, 0.3) is 0 Å². The molecule has 1 unspecified atom stereocenters. The monoisotopic (exact) mass is 573 g/mol. The summed E-state index contributed by atoms with van der Waals surface area (Å²) < 4.78 is 41.4. The molecule has 1 amide bonds. The van der Waals surface area contributed by atoms with Crippen molar-refractivity contribution < 1.29 is 27.5 Å². The molecule has 0 bridgehead atoms. The number of halogens is 1. The van der Waals surface area contributed by atoms with Gasteiger partial charge in [-0.15, -0.1) is 0 Å². The molecule has 1 aliphatic rings. The number of ether oxygens (including phenoxy) is 2. The average molecular weight is 574 g/mol. The fourth-order valence-corrected chi connectivity index (χ4v) is 5.63. The molecular formula is C26H48FN3O6Si2.